The molecule has 0 unspecified atom stereocenters. The van der Waals surface area contributed by atoms with E-state index < -0.39 is 5.60 Å². The van der Waals surface area contributed by atoms with Crippen LogP contribution in [0, 0.1) is 0 Å². The maximum Gasteiger partial charge on any atom is 0.146 e. The first kappa shape index (κ1) is 9.86. The van der Waals surface area contributed by atoms with Gasteiger partial charge in [-0.25, -0.2) is 9.97 Å². The third-order valence-electron chi connectivity index (χ3n) is 2.58. The van der Waals surface area contributed by atoms with Crippen molar-refractivity contribution in [3.63, 3.8) is 0 Å². The Morgan fingerprint density at radius 1 is 1.64 bits per heavy atom. The molecule has 0 spiro atoms. The lowest BCUT2D eigenvalue weighted by molar-refractivity contribution is 0.00797. The normalized spacial score (nSPS) is 19.2. The SMILES string of the molecule is CCC1(O)CN(c2ncncc2Br)C1. The second kappa shape index (κ2) is 3.47. The van der Waals surface area contributed by atoms with Crippen molar-refractivity contribution < 1.29 is 5.11 Å². The zero-order valence-electron chi connectivity index (χ0n) is 7.94. The number of nitrogens with zero attached hydrogens (tertiary/aromatic N) is 3. The quantitative estimate of drug-likeness (QED) is 0.866. The second-order valence-electron chi connectivity index (χ2n) is 3.63. The predicted molar refractivity (Wildman–Crippen MR) is 57.2 cm³/mol. The summed E-state index contributed by atoms with van der Waals surface area (Å²) in [7, 11) is 0. The molecule has 0 aromatic carbocycles. The Labute approximate surface area is 91.1 Å². The van der Waals surface area contributed by atoms with Crippen molar-refractivity contribution in [3.8, 4) is 0 Å². The van der Waals surface area contributed by atoms with Gasteiger partial charge in [-0.15, -0.1) is 0 Å². The first-order valence-electron chi connectivity index (χ1n) is 4.57. The molecule has 0 atom stereocenters. The minimum Gasteiger partial charge on any atom is -0.386 e. The van der Waals surface area contributed by atoms with E-state index in [0.29, 0.717) is 13.1 Å². The molecule has 4 nitrogen and oxygen atoms in total. The van der Waals surface area contributed by atoms with Gasteiger partial charge in [0.2, 0.25) is 0 Å². The molecule has 0 saturated carbocycles. The molecule has 0 bridgehead atoms. The second-order valence-corrected chi connectivity index (χ2v) is 4.48. The Morgan fingerprint density at radius 2 is 2.36 bits per heavy atom. The third kappa shape index (κ3) is 1.62. The highest BCUT2D eigenvalue weighted by molar-refractivity contribution is 9.10. The van der Waals surface area contributed by atoms with Crippen LogP contribution < -0.4 is 4.90 Å². The molecule has 0 radical (unpaired) electrons. The fraction of sp³-hybridized carbons (Fsp3) is 0.556. The predicted octanol–water partition coefficient (Wildman–Crippen LogP) is 1.20. The summed E-state index contributed by atoms with van der Waals surface area (Å²) < 4.78 is 0.873. The summed E-state index contributed by atoms with van der Waals surface area (Å²) in [6.45, 7) is 3.30. The van der Waals surface area contributed by atoms with Crippen LogP contribution in [0.5, 0.6) is 0 Å². The molecular weight excluding hydrogens is 246 g/mol. The number of anilines is 1. The summed E-state index contributed by atoms with van der Waals surface area (Å²) in [5.74, 6) is 0.859. The highest BCUT2D eigenvalue weighted by Crippen LogP contribution is 2.32. The fourth-order valence-corrected chi connectivity index (χ4v) is 2.05. The number of β-amino-alcohol motifs (C(OH)–C–C–N with tert-alkyl or cyclic N) is 1. The van der Waals surface area contributed by atoms with Gasteiger partial charge in [0.1, 0.15) is 12.1 Å². The molecule has 0 amide bonds. The first-order chi connectivity index (χ1) is 6.64. The van der Waals surface area contributed by atoms with Crippen LogP contribution in [0.3, 0.4) is 0 Å². The lowest BCUT2D eigenvalue weighted by Crippen LogP contribution is -2.62. The summed E-state index contributed by atoms with van der Waals surface area (Å²) in [4.78, 5) is 10.1. The molecule has 5 heteroatoms. The van der Waals surface area contributed by atoms with Crippen LogP contribution >= 0.6 is 15.9 Å². The summed E-state index contributed by atoms with van der Waals surface area (Å²) in [6.07, 6.45) is 4.02. The number of aromatic nitrogens is 2. The van der Waals surface area contributed by atoms with Crippen molar-refractivity contribution in [1.29, 1.82) is 0 Å². The van der Waals surface area contributed by atoms with Crippen LogP contribution in [0.15, 0.2) is 17.0 Å². The van der Waals surface area contributed by atoms with Gasteiger partial charge >= 0.3 is 0 Å². The van der Waals surface area contributed by atoms with Gasteiger partial charge in [0.15, 0.2) is 0 Å². The molecule has 1 aromatic rings. The van der Waals surface area contributed by atoms with E-state index in [2.05, 4.69) is 25.9 Å². The van der Waals surface area contributed by atoms with E-state index in [0.717, 1.165) is 16.7 Å². The molecule has 1 fully saturated rings. The van der Waals surface area contributed by atoms with E-state index in [1.165, 1.54) is 6.33 Å². The van der Waals surface area contributed by atoms with E-state index in [-0.39, 0.29) is 0 Å². The van der Waals surface area contributed by atoms with Crippen LogP contribution in [0.1, 0.15) is 13.3 Å². The highest BCUT2D eigenvalue weighted by Gasteiger charge is 2.40. The lowest BCUT2D eigenvalue weighted by Gasteiger charge is -2.46. The number of rotatable bonds is 2. The van der Waals surface area contributed by atoms with Crippen molar-refractivity contribution in [2.24, 2.45) is 0 Å². The van der Waals surface area contributed by atoms with Crippen molar-refractivity contribution in [1.82, 2.24) is 9.97 Å². The number of halogens is 1. The molecule has 0 aliphatic carbocycles. The third-order valence-corrected chi connectivity index (χ3v) is 3.14. The zero-order chi connectivity index (χ0) is 10.2. The van der Waals surface area contributed by atoms with Crippen LogP contribution in [0.4, 0.5) is 5.82 Å². The molecule has 2 heterocycles. The molecule has 1 aliphatic rings. The number of aliphatic hydroxyl groups is 1. The topological polar surface area (TPSA) is 49.2 Å². The fourth-order valence-electron chi connectivity index (χ4n) is 1.58. The van der Waals surface area contributed by atoms with Gasteiger partial charge in [0.25, 0.3) is 0 Å². The van der Waals surface area contributed by atoms with E-state index in [4.69, 9.17) is 0 Å². The van der Waals surface area contributed by atoms with Gasteiger partial charge < -0.3 is 10.0 Å². The molecule has 76 valence electrons. The van der Waals surface area contributed by atoms with Gasteiger partial charge in [-0.2, -0.15) is 0 Å². The van der Waals surface area contributed by atoms with Crippen molar-refractivity contribution in [3.05, 3.63) is 17.0 Å². The van der Waals surface area contributed by atoms with Gasteiger partial charge in [-0.1, -0.05) is 6.92 Å². The molecule has 1 saturated heterocycles. The van der Waals surface area contributed by atoms with Crippen molar-refractivity contribution in [2.75, 3.05) is 18.0 Å². The van der Waals surface area contributed by atoms with Crippen LogP contribution in [0.25, 0.3) is 0 Å². The van der Waals surface area contributed by atoms with E-state index in [9.17, 15) is 5.11 Å². The first-order valence-corrected chi connectivity index (χ1v) is 5.37. The average molecular weight is 258 g/mol. The number of hydrogen-bond acceptors (Lipinski definition) is 4. The van der Waals surface area contributed by atoms with Gasteiger partial charge in [-0.05, 0) is 22.4 Å². The van der Waals surface area contributed by atoms with Crippen molar-refractivity contribution >= 4 is 21.7 Å². The maximum atomic E-state index is 9.84. The monoisotopic (exact) mass is 257 g/mol. The molecule has 14 heavy (non-hydrogen) atoms. The van der Waals surface area contributed by atoms with Gasteiger partial charge in [0.05, 0.1) is 10.1 Å². The number of hydrogen-bond donors (Lipinski definition) is 1. The molecule has 1 N–H and O–H groups in total. The van der Waals surface area contributed by atoms with Crippen LogP contribution in [-0.2, 0) is 0 Å². The molecule has 1 aliphatic heterocycles. The average Bonchev–Trinajstić information content (AvgIpc) is 2.14. The Balaban J connectivity index is 2.10. The molecule has 2 rings (SSSR count). The standard InChI is InChI=1S/C9H12BrN3O/c1-2-9(14)4-13(5-9)8-7(10)3-11-6-12-8/h3,6,14H,2,4-5H2,1H3. The zero-order valence-corrected chi connectivity index (χ0v) is 9.53. The molecule has 1 aromatic heterocycles. The lowest BCUT2D eigenvalue weighted by atomic mass is 9.91. The van der Waals surface area contributed by atoms with E-state index in [1.807, 2.05) is 11.8 Å². The largest absolute Gasteiger partial charge is 0.386 e. The Hall–Kier alpha value is -0.680. The summed E-state index contributed by atoms with van der Waals surface area (Å²) in [5, 5.41) is 9.84. The highest BCUT2D eigenvalue weighted by atomic mass is 79.9. The Bertz CT molecular complexity index is 339. The summed E-state index contributed by atoms with van der Waals surface area (Å²) >= 11 is 3.38. The smallest absolute Gasteiger partial charge is 0.146 e. The summed E-state index contributed by atoms with van der Waals surface area (Å²) in [5.41, 5.74) is -0.523. The minimum atomic E-state index is -0.523. The molecular formula is C9H12BrN3O. The minimum absolute atomic E-state index is 0.523. The van der Waals surface area contributed by atoms with Crippen LogP contribution in [0.2, 0.25) is 0 Å². The maximum absolute atomic E-state index is 9.84. The van der Waals surface area contributed by atoms with Gasteiger partial charge in [-0.3, -0.25) is 0 Å². The van der Waals surface area contributed by atoms with E-state index in [1.54, 1.807) is 6.20 Å². The van der Waals surface area contributed by atoms with Gasteiger partial charge in [0, 0.05) is 19.3 Å². The Morgan fingerprint density at radius 3 is 2.93 bits per heavy atom. The van der Waals surface area contributed by atoms with E-state index >= 15 is 0 Å². The Kier molecular flexibility index (Phi) is 2.45. The van der Waals surface area contributed by atoms with Crippen LogP contribution in [-0.4, -0.2) is 33.8 Å². The summed E-state index contributed by atoms with van der Waals surface area (Å²) in [6, 6.07) is 0. The van der Waals surface area contributed by atoms with Crippen molar-refractivity contribution in [2.45, 2.75) is 18.9 Å².